The first-order valence-electron chi connectivity index (χ1n) is 4.32. The van der Waals surface area contributed by atoms with Crippen LogP contribution in [0, 0.1) is 0 Å². The van der Waals surface area contributed by atoms with Gasteiger partial charge in [0.1, 0.15) is 6.54 Å². The van der Waals surface area contributed by atoms with Crippen LogP contribution in [0.1, 0.15) is 12.7 Å². The summed E-state index contributed by atoms with van der Waals surface area (Å²) >= 11 is 0. The van der Waals surface area contributed by atoms with E-state index in [4.69, 9.17) is 5.73 Å². The first kappa shape index (κ1) is 11.4. The summed E-state index contributed by atoms with van der Waals surface area (Å²) in [6.45, 7) is 3.27. The Balaban J connectivity index is 0.00000112. The number of tetrazole rings is 1. The number of halogens is 1. The molecule has 2 heterocycles. The number of nitrogen functional groups attached to an aromatic ring is 1. The number of hydrogen-bond donors (Lipinski definition) is 1. The van der Waals surface area contributed by atoms with E-state index < -0.39 is 0 Å². The van der Waals surface area contributed by atoms with Crippen molar-refractivity contribution in [2.24, 2.45) is 0 Å². The molecule has 2 aromatic heterocycles. The van der Waals surface area contributed by atoms with Crippen LogP contribution in [0.15, 0.2) is 12.4 Å². The molecule has 8 heteroatoms. The van der Waals surface area contributed by atoms with E-state index in [1.54, 1.807) is 21.8 Å². The van der Waals surface area contributed by atoms with Gasteiger partial charge in [-0.2, -0.15) is 5.10 Å². The van der Waals surface area contributed by atoms with Gasteiger partial charge in [-0.1, -0.05) is 0 Å². The molecule has 15 heavy (non-hydrogen) atoms. The second kappa shape index (κ2) is 4.74. The van der Waals surface area contributed by atoms with Gasteiger partial charge in [-0.3, -0.25) is 4.68 Å². The molecule has 0 aromatic carbocycles. The molecule has 0 aliphatic carbocycles. The maximum absolute atomic E-state index is 5.54. The van der Waals surface area contributed by atoms with Crippen molar-refractivity contribution in [2.75, 3.05) is 5.73 Å². The highest BCUT2D eigenvalue weighted by atomic mass is 35.5. The lowest BCUT2D eigenvalue weighted by Crippen LogP contribution is -2.09. The molecule has 2 N–H and O–H groups in total. The second-order valence-electron chi connectivity index (χ2n) is 2.88. The Morgan fingerprint density at radius 2 is 2.27 bits per heavy atom. The van der Waals surface area contributed by atoms with Gasteiger partial charge in [0.15, 0.2) is 5.82 Å². The van der Waals surface area contributed by atoms with E-state index in [0.29, 0.717) is 12.2 Å². The molecule has 0 unspecified atom stereocenters. The zero-order valence-electron chi connectivity index (χ0n) is 8.24. The average molecular weight is 230 g/mol. The van der Waals surface area contributed by atoms with Crippen LogP contribution in [0.5, 0.6) is 0 Å². The molecule has 2 aromatic rings. The minimum absolute atomic E-state index is 0. The Bertz CT molecular complexity index is 420. The van der Waals surface area contributed by atoms with Crippen LogP contribution in [0.2, 0.25) is 0 Å². The van der Waals surface area contributed by atoms with E-state index >= 15 is 0 Å². The number of anilines is 1. The van der Waals surface area contributed by atoms with Gasteiger partial charge in [0.25, 0.3) is 0 Å². The Labute approximate surface area is 92.7 Å². The first-order chi connectivity index (χ1) is 6.79. The summed E-state index contributed by atoms with van der Waals surface area (Å²) in [5.74, 6) is 0.774. The lowest BCUT2D eigenvalue weighted by atomic mass is 10.5. The minimum atomic E-state index is 0. The van der Waals surface area contributed by atoms with E-state index in [9.17, 15) is 0 Å². The maximum Gasteiger partial charge on any atom is 0.172 e. The SMILES string of the molecule is CCn1nnnc1Cn1cc(N)cn1.Cl. The number of aromatic nitrogens is 6. The van der Waals surface area contributed by atoms with Gasteiger partial charge in [0.05, 0.1) is 11.9 Å². The highest BCUT2D eigenvalue weighted by Crippen LogP contribution is 2.01. The molecule has 0 bridgehead atoms. The van der Waals surface area contributed by atoms with Crippen LogP contribution >= 0.6 is 12.4 Å². The molecule has 0 fully saturated rings. The molecule has 0 saturated carbocycles. The van der Waals surface area contributed by atoms with Crippen molar-refractivity contribution in [3.05, 3.63) is 18.2 Å². The van der Waals surface area contributed by atoms with Crippen LogP contribution in [-0.4, -0.2) is 30.0 Å². The molecule has 0 atom stereocenters. The highest BCUT2D eigenvalue weighted by molar-refractivity contribution is 5.85. The molecule has 0 radical (unpaired) electrons. The fourth-order valence-corrected chi connectivity index (χ4v) is 1.19. The molecule has 0 aliphatic heterocycles. The largest absolute Gasteiger partial charge is 0.396 e. The van der Waals surface area contributed by atoms with Crippen molar-refractivity contribution in [3.63, 3.8) is 0 Å². The number of hydrogen-bond acceptors (Lipinski definition) is 5. The summed E-state index contributed by atoms with van der Waals surface area (Å²) in [7, 11) is 0. The Hall–Kier alpha value is -1.63. The molecule has 0 aliphatic rings. The van der Waals surface area contributed by atoms with Crippen molar-refractivity contribution in [1.82, 2.24) is 30.0 Å². The zero-order chi connectivity index (χ0) is 9.97. The molecule has 0 saturated heterocycles. The van der Waals surface area contributed by atoms with Gasteiger partial charge in [0, 0.05) is 12.7 Å². The summed E-state index contributed by atoms with van der Waals surface area (Å²) in [6.07, 6.45) is 3.34. The third kappa shape index (κ3) is 2.44. The third-order valence-electron chi connectivity index (χ3n) is 1.86. The minimum Gasteiger partial charge on any atom is -0.396 e. The van der Waals surface area contributed by atoms with Crippen molar-refractivity contribution < 1.29 is 0 Å². The Morgan fingerprint density at radius 3 is 2.87 bits per heavy atom. The topological polar surface area (TPSA) is 87.4 Å². The van der Waals surface area contributed by atoms with Gasteiger partial charge < -0.3 is 5.73 Å². The average Bonchev–Trinajstić information content (AvgIpc) is 2.76. The van der Waals surface area contributed by atoms with Crippen LogP contribution in [0.3, 0.4) is 0 Å². The quantitative estimate of drug-likeness (QED) is 0.797. The van der Waals surface area contributed by atoms with Gasteiger partial charge >= 0.3 is 0 Å². The van der Waals surface area contributed by atoms with E-state index in [1.807, 2.05) is 6.92 Å². The standard InChI is InChI=1S/C7H11N7.ClH/c1-2-14-7(10-11-12-14)5-13-4-6(8)3-9-13;/h3-4H,2,5,8H2,1H3;1H. The van der Waals surface area contributed by atoms with Crippen molar-refractivity contribution in [1.29, 1.82) is 0 Å². The molecular formula is C7H12ClN7. The number of nitrogens with two attached hydrogens (primary N) is 1. The summed E-state index contributed by atoms with van der Waals surface area (Å²) in [5, 5.41) is 15.3. The number of rotatable bonds is 3. The number of nitrogens with zero attached hydrogens (tertiary/aromatic N) is 6. The summed E-state index contributed by atoms with van der Waals surface area (Å²) in [6, 6.07) is 0. The monoisotopic (exact) mass is 229 g/mol. The van der Waals surface area contributed by atoms with Gasteiger partial charge in [0.2, 0.25) is 0 Å². The Morgan fingerprint density at radius 1 is 1.47 bits per heavy atom. The van der Waals surface area contributed by atoms with Crippen molar-refractivity contribution in [2.45, 2.75) is 20.0 Å². The van der Waals surface area contributed by atoms with Gasteiger partial charge in [-0.05, 0) is 17.4 Å². The molecule has 2 rings (SSSR count). The molecule has 0 spiro atoms. The predicted molar refractivity (Wildman–Crippen MR) is 56.5 cm³/mol. The van der Waals surface area contributed by atoms with Crippen LogP contribution in [0.4, 0.5) is 5.69 Å². The maximum atomic E-state index is 5.54. The van der Waals surface area contributed by atoms with E-state index in [1.165, 1.54) is 0 Å². The normalized spacial score (nSPS) is 9.93. The van der Waals surface area contributed by atoms with E-state index in [-0.39, 0.29) is 12.4 Å². The Kier molecular flexibility index (Phi) is 3.62. The smallest absolute Gasteiger partial charge is 0.172 e. The molecular weight excluding hydrogens is 218 g/mol. The third-order valence-corrected chi connectivity index (χ3v) is 1.86. The van der Waals surface area contributed by atoms with Crippen LogP contribution in [0.25, 0.3) is 0 Å². The zero-order valence-corrected chi connectivity index (χ0v) is 9.05. The lowest BCUT2D eigenvalue weighted by molar-refractivity contribution is 0.561. The second-order valence-corrected chi connectivity index (χ2v) is 2.88. The van der Waals surface area contributed by atoms with Crippen LogP contribution in [-0.2, 0) is 13.1 Å². The van der Waals surface area contributed by atoms with Crippen molar-refractivity contribution >= 4 is 18.1 Å². The summed E-state index contributed by atoms with van der Waals surface area (Å²) in [5.41, 5.74) is 6.18. The van der Waals surface area contributed by atoms with E-state index in [2.05, 4.69) is 20.6 Å². The van der Waals surface area contributed by atoms with E-state index in [0.717, 1.165) is 12.4 Å². The van der Waals surface area contributed by atoms with Gasteiger partial charge in [-0.15, -0.1) is 17.5 Å². The van der Waals surface area contributed by atoms with Gasteiger partial charge in [-0.25, -0.2) is 4.68 Å². The molecule has 7 nitrogen and oxygen atoms in total. The number of aryl methyl sites for hydroxylation is 1. The highest BCUT2D eigenvalue weighted by Gasteiger charge is 2.05. The van der Waals surface area contributed by atoms with Crippen molar-refractivity contribution in [3.8, 4) is 0 Å². The summed E-state index contributed by atoms with van der Waals surface area (Å²) in [4.78, 5) is 0. The summed E-state index contributed by atoms with van der Waals surface area (Å²) < 4.78 is 3.42. The lowest BCUT2D eigenvalue weighted by Gasteiger charge is -2.00. The fourth-order valence-electron chi connectivity index (χ4n) is 1.19. The van der Waals surface area contributed by atoms with Crippen LogP contribution < -0.4 is 5.73 Å². The predicted octanol–water partition coefficient (Wildman–Crippen LogP) is -0.0582. The molecule has 0 amide bonds. The fraction of sp³-hybridized carbons (Fsp3) is 0.429. The first-order valence-corrected chi connectivity index (χ1v) is 4.32. The molecule has 82 valence electrons.